The fraction of sp³-hybridized carbons (Fsp3) is 0.333. The van der Waals surface area contributed by atoms with Gasteiger partial charge in [-0.25, -0.2) is 4.79 Å². The van der Waals surface area contributed by atoms with E-state index >= 15 is 0 Å². The molecule has 0 bridgehead atoms. The van der Waals surface area contributed by atoms with Crippen LogP contribution in [-0.2, 0) is 4.79 Å². The zero-order chi connectivity index (χ0) is 13.7. The molecule has 0 aromatic heterocycles. The second kappa shape index (κ2) is 6.61. The Morgan fingerprint density at radius 1 is 1.28 bits per heavy atom. The first-order chi connectivity index (χ1) is 8.43. The number of urea groups is 1. The number of hydrogen-bond acceptors (Lipinski definition) is 2. The highest BCUT2D eigenvalue weighted by atomic mass is 35.5. The minimum absolute atomic E-state index is 0.0284. The number of carbonyl (C=O) groups excluding carboxylic acids is 2. The van der Waals surface area contributed by atoms with Gasteiger partial charge in [-0.2, -0.15) is 0 Å². The maximum Gasteiger partial charge on any atom is 0.319 e. The Bertz CT molecular complexity index is 463. The Hall–Kier alpha value is -1.26. The molecule has 1 aromatic carbocycles. The first-order valence-electron chi connectivity index (χ1n) is 5.49. The molecule has 6 heteroatoms. The molecular formula is C12H14Cl2N2O2. The van der Waals surface area contributed by atoms with Gasteiger partial charge in [0.15, 0.2) is 5.78 Å². The molecule has 0 aliphatic rings. The SMILES string of the molecule is CCC(=O)C(C)NC(=O)Nc1ccc(Cl)c(Cl)c1. The summed E-state index contributed by atoms with van der Waals surface area (Å²) in [6, 6.07) is 3.77. The van der Waals surface area contributed by atoms with Crippen molar-refractivity contribution in [3.8, 4) is 0 Å². The van der Waals surface area contributed by atoms with E-state index in [1.807, 2.05) is 0 Å². The van der Waals surface area contributed by atoms with Gasteiger partial charge < -0.3 is 10.6 Å². The molecule has 1 aromatic rings. The van der Waals surface area contributed by atoms with Crippen LogP contribution >= 0.6 is 23.2 Å². The van der Waals surface area contributed by atoms with Gasteiger partial charge in [0, 0.05) is 12.1 Å². The summed E-state index contributed by atoms with van der Waals surface area (Å²) in [6.07, 6.45) is 0.383. The summed E-state index contributed by atoms with van der Waals surface area (Å²) in [5.74, 6) is -0.0284. The monoisotopic (exact) mass is 288 g/mol. The number of amides is 2. The zero-order valence-corrected chi connectivity index (χ0v) is 11.6. The fourth-order valence-corrected chi connectivity index (χ4v) is 1.62. The lowest BCUT2D eigenvalue weighted by Gasteiger charge is -2.13. The molecule has 2 amide bonds. The largest absolute Gasteiger partial charge is 0.328 e. The van der Waals surface area contributed by atoms with Gasteiger partial charge in [-0.15, -0.1) is 0 Å². The molecule has 1 rings (SSSR count). The Morgan fingerprint density at radius 2 is 1.94 bits per heavy atom. The van der Waals surface area contributed by atoms with Gasteiger partial charge in [-0.05, 0) is 25.1 Å². The maximum absolute atomic E-state index is 11.6. The average molecular weight is 289 g/mol. The predicted octanol–water partition coefficient (Wildman–Crippen LogP) is 3.48. The molecule has 18 heavy (non-hydrogen) atoms. The van der Waals surface area contributed by atoms with Crippen molar-refractivity contribution in [1.29, 1.82) is 0 Å². The van der Waals surface area contributed by atoms with E-state index in [1.54, 1.807) is 26.0 Å². The van der Waals surface area contributed by atoms with Crippen LogP contribution in [0.4, 0.5) is 10.5 Å². The van der Waals surface area contributed by atoms with Crippen molar-refractivity contribution in [2.75, 3.05) is 5.32 Å². The lowest BCUT2D eigenvalue weighted by atomic mass is 10.2. The Kier molecular flexibility index (Phi) is 5.44. The highest BCUT2D eigenvalue weighted by molar-refractivity contribution is 6.42. The van der Waals surface area contributed by atoms with Crippen molar-refractivity contribution in [1.82, 2.24) is 5.32 Å². The molecule has 0 aliphatic heterocycles. The summed E-state index contributed by atoms with van der Waals surface area (Å²) < 4.78 is 0. The second-order valence-corrected chi connectivity index (χ2v) is 4.58. The number of ketones is 1. The van der Waals surface area contributed by atoms with Crippen LogP contribution in [0.3, 0.4) is 0 Å². The van der Waals surface area contributed by atoms with Crippen LogP contribution in [-0.4, -0.2) is 17.9 Å². The third-order valence-corrected chi connectivity index (χ3v) is 3.10. The lowest BCUT2D eigenvalue weighted by Crippen LogP contribution is -2.40. The number of anilines is 1. The minimum atomic E-state index is -0.516. The lowest BCUT2D eigenvalue weighted by molar-refractivity contribution is -0.120. The first-order valence-corrected chi connectivity index (χ1v) is 6.25. The van der Waals surface area contributed by atoms with E-state index in [9.17, 15) is 9.59 Å². The predicted molar refractivity (Wildman–Crippen MR) is 73.4 cm³/mol. The van der Waals surface area contributed by atoms with E-state index < -0.39 is 12.1 Å². The van der Waals surface area contributed by atoms with Gasteiger partial charge in [0.2, 0.25) is 0 Å². The van der Waals surface area contributed by atoms with Crippen LogP contribution in [0.2, 0.25) is 10.0 Å². The van der Waals surface area contributed by atoms with E-state index in [2.05, 4.69) is 10.6 Å². The van der Waals surface area contributed by atoms with Gasteiger partial charge in [-0.3, -0.25) is 4.79 Å². The molecular weight excluding hydrogens is 275 g/mol. The molecule has 98 valence electrons. The van der Waals surface area contributed by atoms with Gasteiger partial charge in [0.05, 0.1) is 16.1 Å². The van der Waals surface area contributed by atoms with E-state index in [-0.39, 0.29) is 5.78 Å². The molecule has 0 fully saturated rings. The van der Waals surface area contributed by atoms with Crippen molar-refractivity contribution < 1.29 is 9.59 Å². The third kappa shape index (κ3) is 4.20. The Balaban J connectivity index is 2.59. The molecule has 1 unspecified atom stereocenters. The standard InChI is InChI=1S/C12H14Cl2N2O2/c1-3-11(17)7(2)15-12(18)16-8-4-5-9(13)10(14)6-8/h4-7H,3H2,1-2H3,(H2,15,16,18). The molecule has 0 spiro atoms. The molecule has 4 nitrogen and oxygen atoms in total. The van der Waals surface area contributed by atoms with Crippen molar-refractivity contribution in [3.63, 3.8) is 0 Å². The van der Waals surface area contributed by atoms with E-state index in [0.717, 1.165) is 0 Å². The third-order valence-electron chi connectivity index (χ3n) is 2.36. The first kappa shape index (κ1) is 14.8. The molecule has 2 N–H and O–H groups in total. The van der Waals surface area contributed by atoms with Crippen LogP contribution in [0.5, 0.6) is 0 Å². The maximum atomic E-state index is 11.6. The number of hydrogen-bond donors (Lipinski definition) is 2. The smallest absolute Gasteiger partial charge is 0.319 e. The Labute approximate surface area is 116 Å². The van der Waals surface area contributed by atoms with Crippen LogP contribution in [0.25, 0.3) is 0 Å². The van der Waals surface area contributed by atoms with Crippen LogP contribution < -0.4 is 10.6 Å². The van der Waals surface area contributed by atoms with Crippen LogP contribution in [0.15, 0.2) is 18.2 Å². The normalized spacial score (nSPS) is 11.8. The molecule has 0 radical (unpaired) electrons. The van der Waals surface area contributed by atoms with Gasteiger partial charge >= 0.3 is 6.03 Å². The number of nitrogens with one attached hydrogen (secondary N) is 2. The van der Waals surface area contributed by atoms with Crippen molar-refractivity contribution in [2.24, 2.45) is 0 Å². The number of benzene rings is 1. The molecule has 0 heterocycles. The molecule has 0 saturated heterocycles. The van der Waals surface area contributed by atoms with E-state index in [1.165, 1.54) is 6.07 Å². The Morgan fingerprint density at radius 3 is 2.50 bits per heavy atom. The molecule has 0 aliphatic carbocycles. The summed E-state index contributed by atoms with van der Waals surface area (Å²) in [5, 5.41) is 5.88. The summed E-state index contributed by atoms with van der Waals surface area (Å²) >= 11 is 11.6. The summed E-state index contributed by atoms with van der Waals surface area (Å²) in [4.78, 5) is 22.9. The van der Waals surface area contributed by atoms with Gasteiger partial charge in [0.1, 0.15) is 0 Å². The van der Waals surface area contributed by atoms with Crippen molar-refractivity contribution in [3.05, 3.63) is 28.2 Å². The topological polar surface area (TPSA) is 58.2 Å². The van der Waals surface area contributed by atoms with E-state index in [4.69, 9.17) is 23.2 Å². The number of rotatable bonds is 4. The highest BCUT2D eigenvalue weighted by Gasteiger charge is 2.13. The summed E-state index contributed by atoms with van der Waals surface area (Å²) in [5.41, 5.74) is 0.512. The fourth-order valence-electron chi connectivity index (χ4n) is 1.32. The second-order valence-electron chi connectivity index (χ2n) is 3.77. The highest BCUT2D eigenvalue weighted by Crippen LogP contribution is 2.24. The van der Waals surface area contributed by atoms with Crippen LogP contribution in [0, 0.1) is 0 Å². The van der Waals surface area contributed by atoms with Crippen molar-refractivity contribution in [2.45, 2.75) is 26.3 Å². The summed E-state index contributed by atoms with van der Waals surface area (Å²) in [6.45, 7) is 3.39. The van der Waals surface area contributed by atoms with Crippen LogP contribution in [0.1, 0.15) is 20.3 Å². The number of carbonyl (C=O) groups is 2. The van der Waals surface area contributed by atoms with E-state index in [0.29, 0.717) is 22.2 Å². The van der Waals surface area contributed by atoms with Gasteiger partial charge in [0.25, 0.3) is 0 Å². The van der Waals surface area contributed by atoms with Gasteiger partial charge in [-0.1, -0.05) is 30.1 Å². The van der Waals surface area contributed by atoms with Crippen molar-refractivity contribution >= 4 is 40.7 Å². The minimum Gasteiger partial charge on any atom is -0.328 e. The average Bonchev–Trinajstić information content (AvgIpc) is 2.32. The number of halogens is 2. The summed E-state index contributed by atoms with van der Waals surface area (Å²) in [7, 11) is 0. The zero-order valence-electron chi connectivity index (χ0n) is 10.1. The molecule has 0 saturated carbocycles. The molecule has 1 atom stereocenters. The number of Topliss-reactive ketones (excluding diaryl/α,β-unsaturated/α-hetero) is 1. The quantitative estimate of drug-likeness (QED) is 0.891.